The number of hydrogen-bond acceptors (Lipinski definition) is 1. The Morgan fingerprint density at radius 2 is 2.31 bits per heavy atom. The van der Waals surface area contributed by atoms with Crippen LogP contribution in [0.1, 0.15) is 33.6 Å². The number of aliphatic hydroxyl groups is 1. The van der Waals surface area contributed by atoms with Crippen LogP contribution >= 0.6 is 0 Å². The molecule has 0 aromatic heterocycles. The zero-order valence-corrected chi connectivity index (χ0v) is 8.88. The van der Waals surface area contributed by atoms with Gasteiger partial charge in [0.2, 0.25) is 0 Å². The number of rotatable bonds is 2. The fourth-order valence-corrected chi connectivity index (χ4v) is 2.18. The molecule has 0 fully saturated rings. The Kier molecular flexibility index (Phi) is 3.32. The van der Waals surface area contributed by atoms with Crippen LogP contribution in [0.15, 0.2) is 23.8 Å². The van der Waals surface area contributed by atoms with Gasteiger partial charge in [0.1, 0.15) is 0 Å². The van der Waals surface area contributed by atoms with Crippen LogP contribution < -0.4 is 0 Å². The second kappa shape index (κ2) is 4.10. The molecule has 0 aliphatic heterocycles. The molecule has 0 aromatic rings. The van der Waals surface area contributed by atoms with E-state index in [1.807, 2.05) is 6.08 Å². The summed E-state index contributed by atoms with van der Waals surface area (Å²) in [4.78, 5) is 0. The average Bonchev–Trinajstić information content (AvgIpc) is 2.02. The maximum Gasteiger partial charge on any atom is 0.0612 e. The van der Waals surface area contributed by atoms with Crippen LogP contribution in [0.3, 0.4) is 0 Å². The fraction of sp³-hybridized carbons (Fsp3) is 0.667. The molecule has 0 spiro atoms. The Hall–Kier alpha value is -0.560. The van der Waals surface area contributed by atoms with E-state index in [0.717, 1.165) is 0 Å². The molecule has 0 saturated heterocycles. The van der Waals surface area contributed by atoms with Crippen LogP contribution in [0.25, 0.3) is 0 Å². The lowest BCUT2D eigenvalue weighted by atomic mass is 9.68. The van der Waals surface area contributed by atoms with Crippen molar-refractivity contribution < 1.29 is 5.11 Å². The molecule has 1 aliphatic carbocycles. The third-order valence-electron chi connectivity index (χ3n) is 3.02. The van der Waals surface area contributed by atoms with E-state index in [2.05, 4.69) is 32.9 Å². The van der Waals surface area contributed by atoms with E-state index in [1.165, 1.54) is 18.4 Å². The molecule has 1 N–H and O–H groups in total. The van der Waals surface area contributed by atoms with Crippen molar-refractivity contribution in [2.45, 2.75) is 33.6 Å². The molecule has 1 heteroatoms. The van der Waals surface area contributed by atoms with E-state index in [0.29, 0.717) is 11.3 Å². The van der Waals surface area contributed by atoms with E-state index in [1.54, 1.807) is 0 Å². The van der Waals surface area contributed by atoms with Crippen LogP contribution in [0.5, 0.6) is 0 Å². The summed E-state index contributed by atoms with van der Waals surface area (Å²) in [5.74, 6) is 0.508. The summed E-state index contributed by atoms with van der Waals surface area (Å²) >= 11 is 0. The number of allylic oxidation sites excluding steroid dienone is 3. The lowest BCUT2D eigenvalue weighted by Crippen LogP contribution is -2.26. The van der Waals surface area contributed by atoms with Crippen LogP contribution in [0.2, 0.25) is 0 Å². The highest BCUT2D eigenvalue weighted by Gasteiger charge is 2.30. The monoisotopic (exact) mass is 180 g/mol. The zero-order valence-electron chi connectivity index (χ0n) is 8.88. The highest BCUT2D eigenvalue weighted by Crippen LogP contribution is 2.41. The normalized spacial score (nSPS) is 27.7. The number of aliphatic hydroxyl groups excluding tert-OH is 1. The second-order valence-electron chi connectivity index (χ2n) is 4.56. The first kappa shape index (κ1) is 10.5. The molecule has 0 heterocycles. The maximum atomic E-state index is 8.75. The predicted octanol–water partition coefficient (Wildman–Crippen LogP) is 2.92. The van der Waals surface area contributed by atoms with Crippen LogP contribution in [0, 0.1) is 11.3 Å². The standard InChI is InChI=1S/C12H20O/c1-10-6-4-8-12(2,3)11(10)7-5-9-13/h5-7,11,13H,4,8-9H2,1-3H3/b7-5+. The Morgan fingerprint density at radius 1 is 1.62 bits per heavy atom. The van der Waals surface area contributed by atoms with Crippen LogP contribution in [-0.2, 0) is 0 Å². The molecule has 0 radical (unpaired) electrons. The van der Waals surface area contributed by atoms with Crippen molar-refractivity contribution in [2.75, 3.05) is 6.61 Å². The molecule has 13 heavy (non-hydrogen) atoms. The van der Waals surface area contributed by atoms with Gasteiger partial charge >= 0.3 is 0 Å². The van der Waals surface area contributed by atoms with Gasteiger partial charge < -0.3 is 5.11 Å². The van der Waals surface area contributed by atoms with Crippen molar-refractivity contribution in [3.63, 3.8) is 0 Å². The minimum Gasteiger partial charge on any atom is -0.392 e. The van der Waals surface area contributed by atoms with Crippen molar-refractivity contribution >= 4 is 0 Å². The lowest BCUT2D eigenvalue weighted by Gasteiger charge is -2.36. The van der Waals surface area contributed by atoms with Gasteiger partial charge in [0, 0.05) is 5.92 Å². The molecule has 0 amide bonds. The van der Waals surface area contributed by atoms with Crippen molar-refractivity contribution in [3.05, 3.63) is 23.8 Å². The summed E-state index contributed by atoms with van der Waals surface area (Å²) in [6.07, 6.45) is 8.75. The molecule has 1 nitrogen and oxygen atoms in total. The first-order chi connectivity index (χ1) is 6.08. The Labute approximate surface area is 81.2 Å². The summed E-state index contributed by atoms with van der Waals surface area (Å²) in [5, 5.41) is 8.75. The lowest BCUT2D eigenvalue weighted by molar-refractivity contribution is 0.254. The Bertz CT molecular complexity index is 223. The van der Waals surface area contributed by atoms with Crippen molar-refractivity contribution in [1.82, 2.24) is 0 Å². The summed E-state index contributed by atoms with van der Waals surface area (Å²) < 4.78 is 0. The maximum absolute atomic E-state index is 8.75. The molecular formula is C12H20O. The van der Waals surface area contributed by atoms with Gasteiger partial charge in [-0.25, -0.2) is 0 Å². The van der Waals surface area contributed by atoms with Gasteiger partial charge in [-0.15, -0.1) is 0 Å². The largest absolute Gasteiger partial charge is 0.392 e. The number of hydrogen-bond donors (Lipinski definition) is 1. The molecule has 74 valence electrons. The van der Waals surface area contributed by atoms with Crippen molar-refractivity contribution in [3.8, 4) is 0 Å². The second-order valence-corrected chi connectivity index (χ2v) is 4.56. The summed E-state index contributed by atoms with van der Waals surface area (Å²) in [6.45, 7) is 6.94. The third-order valence-corrected chi connectivity index (χ3v) is 3.02. The highest BCUT2D eigenvalue weighted by molar-refractivity contribution is 5.18. The molecule has 1 atom stereocenters. The first-order valence-corrected chi connectivity index (χ1v) is 5.02. The van der Waals surface area contributed by atoms with E-state index in [4.69, 9.17) is 5.11 Å². The summed E-state index contributed by atoms with van der Waals surface area (Å²) in [6, 6.07) is 0. The van der Waals surface area contributed by atoms with Gasteiger partial charge in [-0.05, 0) is 25.2 Å². The van der Waals surface area contributed by atoms with E-state index in [-0.39, 0.29) is 6.61 Å². The fourth-order valence-electron chi connectivity index (χ4n) is 2.18. The molecule has 0 saturated carbocycles. The van der Waals surface area contributed by atoms with Gasteiger partial charge in [-0.2, -0.15) is 0 Å². The minimum absolute atomic E-state index is 0.153. The van der Waals surface area contributed by atoms with E-state index in [9.17, 15) is 0 Å². The minimum atomic E-state index is 0.153. The van der Waals surface area contributed by atoms with Gasteiger partial charge in [-0.1, -0.05) is 37.6 Å². The summed E-state index contributed by atoms with van der Waals surface area (Å²) in [7, 11) is 0. The van der Waals surface area contributed by atoms with Crippen LogP contribution in [0.4, 0.5) is 0 Å². The average molecular weight is 180 g/mol. The SMILES string of the molecule is CC1=CCCC(C)(C)C1/C=C/CO. The Morgan fingerprint density at radius 3 is 2.85 bits per heavy atom. The predicted molar refractivity (Wildman–Crippen MR) is 56.5 cm³/mol. The van der Waals surface area contributed by atoms with Crippen molar-refractivity contribution in [1.29, 1.82) is 0 Å². The van der Waals surface area contributed by atoms with E-state index >= 15 is 0 Å². The van der Waals surface area contributed by atoms with Gasteiger partial charge in [0.25, 0.3) is 0 Å². The molecular weight excluding hydrogens is 160 g/mol. The topological polar surface area (TPSA) is 20.2 Å². The quantitative estimate of drug-likeness (QED) is 0.648. The molecule has 0 aromatic carbocycles. The molecule has 0 bridgehead atoms. The zero-order chi connectivity index (χ0) is 9.90. The van der Waals surface area contributed by atoms with Gasteiger partial charge in [-0.3, -0.25) is 0 Å². The van der Waals surface area contributed by atoms with E-state index < -0.39 is 0 Å². The van der Waals surface area contributed by atoms with Crippen LogP contribution in [-0.4, -0.2) is 11.7 Å². The first-order valence-electron chi connectivity index (χ1n) is 5.02. The Balaban J connectivity index is 2.81. The molecule has 1 aliphatic rings. The van der Waals surface area contributed by atoms with Gasteiger partial charge in [0.05, 0.1) is 6.61 Å². The molecule has 1 rings (SSSR count). The van der Waals surface area contributed by atoms with Gasteiger partial charge in [0.15, 0.2) is 0 Å². The van der Waals surface area contributed by atoms with Crippen molar-refractivity contribution in [2.24, 2.45) is 11.3 Å². The molecule has 1 unspecified atom stereocenters. The highest BCUT2D eigenvalue weighted by atomic mass is 16.2. The third kappa shape index (κ3) is 2.44. The summed E-state index contributed by atoms with van der Waals surface area (Å²) in [5.41, 5.74) is 1.80. The smallest absolute Gasteiger partial charge is 0.0612 e.